The van der Waals surface area contributed by atoms with Crippen LogP contribution in [0.25, 0.3) is 0 Å². The molecule has 1 N–H and O–H groups in total. The largest absolute Gasteiger partial charge is 0.316 e. The third-order valence-electron chi connectivity index (χ3n) is 3.45. The molecule has 104 valence electrons. The fourth-order valence-corrected chi connectivity index (χ4v) is 4.02. The van der Waals surface area contributed by atoms with Gasteiger partial charge in [0, 0.05) is 13.1 Å². The number of piperidine rings is 1. The van der Waals surface area contributed by atoms with Crippen molar-refractivity contribution < 1.29 is 8.42 Å². The highest BCUT2D eigenvalue weighted by atomic mass is 32.2. The van der Waals surface area contributed by atoms with Gasteiger partial charge < -0.3 is 5.32 Å². The summed E-state index contributed by atoms with van der Waals surface area (Å²) in [5.74, 6) is 0.365. The Bertz CT molecular complexity index is 383. The van der Waals surface area contributed by atoms with Crippen molar-refractivity contribution in [1.29, 1.82) is 5.26 Å². The molecule has 0 aromatic carbocycles. The Kier molecular flexibility index (Phi) is 6.06. The summed E-state index contributed by atoms with van der Waals surface area (Å²) >= 11 is 0. The molecule has 0 aliphatic carbocycles. The molecular formula is C12H23N3O2S. The lowest BCUT2D eigenvalue weighted by Gasteiger charge is -2.29. The monoisotopic (exact) mass is 273 g/mol. The van der Waals surface area contributed by atoms with E-state index in [0.717, 1.165) is 25.9 Å². The minimum absolute atomic E-state index is 0.345. The van der Waals surface area contributed by atoms with Gasteiger partial charge in [0.1, 0.15) is 0 Å². The summed E-state index contributed by atoms with van der Waals surface area (Å²) in [7, 11) is -3.47. The predicted octanol–water partition coefficient (Wildman–Crippen LogP) is 0.940. The molecule has 18 heavy (non-hydrogen) atoms. The standard InChI is InChI=1S/C12H23N3O2S/c1-3-12(8-13)18(16,17)15(4-2)10-11-6-5-7-14-9-11/h11-12,14H,3-7,9-10H2,1-2H3. The summed E-state index contributed by atoms with van der Waals surface area (Å²) in [5, 5.41) is 11.3. The number of nitrogens with zero attached hydrogens (tertiary/aromatic N) is 2. The van der Waals surface area contributed by atoms with E-state index in [1.54, 1.807) is 6.92 Å². The van der Waals surface area contributed by atoms with Crippen LogP contribution in [0.3, 0.4) is 0 Å². The van der Waals surface area contributed by atoms with Crippen molar-refractivity contribution in [1.82, 2.24) is 9.62 Å². The first-order valence-electron chi connectivity index (χ1n) is 6.65. The minimum atomic E-state index is -3.47. The molecule has 0 saturated carbocycles. The van der Waals surface area contributed by atoms with E-state index >= 15 is 0 Å². The minimum Gasteiger partial charge on any atom is -0.316 e. The molecule has 0 radical (unpaired) electrons. The van der Waals surface area contributed by atoms with E-state index in [1.807, 2.05) is 13.0 Å². The quantitative estimate of drug-likeness (QED) is 0.781. The number of sulfonamides is 1. The van der Waals surface area contributed by atoms with Crippen LogP contribution in [-0.2, 0) is 10.0 Å². The maximum absolute atomic E-state index is 12.3. The van der Waals surface area contributed by atoms with Gasteiger partial charge in [-0.05, 0) is 38.3 Å². The van der Waals surface area contributed by atoms with E-state index in [-0.39, 0.29) is 0 Å². The molecular weight excluding hydrogens is 250 g/mol. The average Bonchev–Trinajstić information content (AvgIpc) is 2.38. The maximum Gasteiger partial charge on any atom is 0.230 e. The number of nitriles is 1. The van der Waals surface area contributed by atoms with Gasteiger partial charge in [0.15, 0.2) is 5.25 Å². The topological polar surface area (TPSA) is 73.2 Å². The van der Waals surface area contributed by atoms with E-state index in [2.05, 4.69) is 5.32 Å². The molecule has 0 spiro atoms. The van der Waals surface area contributed by atoms with Crippen LogP contribution in [0.5, 0.6) is 0 Å². The van der Waals surface area contributed by atoms with Crippen molar-refractivity contribution in [2.45, 2.75) is 38.4 Å². The zero-order valence-corrected chi connectivity index (χ0v) is 12.0. The summed E-state index contributed by atoms with van der Waals surface area (Å²) in [6, 6.07) is 1.90. The molecule has 5 nitrogen and oxygen atoms in total. The Morgan fingerprint density at radius 2 is 2.22 bits per heavy atom. The Balaban J connectivity index is 2.72. The molecule has 1 aliphatic heterocycles. The highest BCUT2D eigenvalue weighted by molar-refractivity contribution is 7.90. The summed E-state index contributed by atoms with van der Waals surface area (Å²) in [6.07, 6.45) is 2.50. The van der Waals surface area contributed by atoms with Crippen LogP contribution in [0.2, 0.25) is 0 Å². The number of nitrogens with one attached hydrogen (secondary N) is 1. The predicted molar refractivity (Wildman–Crippen MR) is 71.5 cm³/mol. The molecule has 0 amide bonds. The Morgan fingerprint density at radius 1 is 1.50 bits per heavy atom. The summed E-state index contributed by atoms with van der Waals surface area (Å²) < 4.78 is 26.0. The first-order valence-corrected chi connectivity index (χ1v) is 8.15. The van der Waals surface area contributed by atoms with Gasteiger partial charge in [-0.2, -0.15) is 5.26 Å². The van der Waals surface area contributed by atoms with E-state index in [0.29, 0.717) is 25.4 Å². The zero-order valence-electron chi connectivity index (χ0n) is 11.2. The smallest absolute Gasteiger partial charge is 0.230 e. The van der Waals surface area contributed by atoms with Gasteiger partial charge in [0.25, 0.3) is 0 Å². The van der Waals surface area contributed by atoms with Crippen molar-refractivity contribution >= 4 is 10.0 Å². The van der Waals surface area contributed by atoms with Gasteiger partial charge in [-0.25, -0.2) is 12.7 Å². The van der Waals surface area contributed by atoms with Gasteiger partial charge in [-0.3, -0.25) is 0 Å². The number of hydrogen-bond acceptors (Lipinski definition) is 4. The number of hydrogen-bond donors (Lipinski definition) is 1. The number of rotatable bonds is 6. The highest BCUT2D eigenvalue weighted by Crippen LogP contribution is 2.17. The Morgan fingerprint density at radius 3 is 2.67 bits per heavy atom. The molecule has 1 aliphatic rings. The maximum atomic E-state index is 12.3. The molecule has 1 fully saturated rings. The Hall–Kier alpha value is -0.640. The molecule has 1 saturated heterocycles. The summed E-state index contributed by atoms with van der Waals surface area (Å²) in [4.78, 5) is 0. The first kappa shape index (κ1) is 15.4. The lowest BCUT2D eigenvalue weighted by molar-refractivity contribution is 0.296. The van der Waals surface area contributed by atoms with Gasteiger partial charge in [0.05, 0.1) is 6.07 Å². The first-order chi connectivity index (χ1) is 8.56. The van der Waals surface area contributed by atoms with Crippen LogP contribution in [0.4, 0.5) is 0 Å². The van der Waals surface area contributed by atoms with E-state index in [4.69, 9.17) is 5.26 Å². The lowest BCUT2D eigenvalue weighted by Crippen LogP contribution is -2.44. The summed E-state index contributed by atoms with van der Waals surface area (Å²) in [6.45, 7) is 6.43. The third-order valence-corrected chi connectivity index (χ3v) is 5.73. The Labute approximate surface area is 110 Å². The second-order valence-electron chi connectivity index (χ2n) is 4.73. The second-order valence-corrected chi connectivity index (χ2v) is 6.85. The summed E-state index contributed by atoms with van der Waals surface area (Å²) in [5.41, 5.74) is 0. The van der Waals surface area contributed by atoms with Crippen molar-refractivity contribution in [3.05, 3.63) is 0 Å². The van der Waals surface area contributed by atoms with Crippen molar-refractivity contribution in [3.63, 3.8) is 0 Å². The molecule has 2 unspecified atom stereocenters. The average molecular weight is 273 g/mol. The van der Waals surface area contributed by atoms with Crippen molar-refractivity contribution in [3.8, 4) is 6.07 Å². The molecule has 0 aromatic heterocycles. The molecule has 0 aromatic rings. The van der Waals surface area contributed by atoms with E-state index < -0.39 is 15.3 Å². The molecule has 6 heteroatoms. The molecule has 2 atom stereocenters. The van der Waals surface area contributed by atoms with Crippen LogP contribution in [0.1, 0.15) is 33.1 Å². The van der Waals surface area contributed by atoms with Gasteiger partial charge in [-0.15, -0.1) is 0 Å². The third kappa shape index (κ3) is 3.67. The van der Waals surface area contributed by atoms with Crippen LogP contribution in [-0.4, -0.2) is 44.2 Å². The van der Waals surface area contributed by atoms with Crippen LogP contribution in [0, 0.1) is 17.2 Å². The molecule has 1 rings (SSSR count). The van der Waals surface area contributed by atoms with Crippen molar-refractivity contribution in [2.75, 3.05) is 26.2 Å². The SMILES string of the molecule is CCC(C#N)S(=O)(=O)N(CC)CC1CCCNC1. The molecule has 1 heterocycles. The van der Waals surface area contributed by atoms with Crippen molar-refractivity contribution in [2.24, 2.45) is 5.92 Å². The van der Waals surface area contributed by atoms with E-state index in [9.17, 15) is 8.42 Å². The van der Waals surface area contributed by atoms with Crippen LogP contribution in [0.15, 0.2) is 0 Å². The van der Waals surface area contributed by atoms with Gasteiger partial charge in [0.2, 0.25) is 10.0 Å². The zero-order chi connectivity index (χ0) is 13.6. The van der Waals surface area contributed by atoms with Gasteiger partial charge >= 0.3 is 0 Å². The fraction of sp³-hybridized carbons (Fsp3) is 0.917. The van der Waals surface area contributed by atoms with E-state index in [1.165, 1.54) is 4.31 Å². The van der Waals surface area contributed by atoms with Crippen LogP contribution >= 0.6 is 0 Å². The van der Waals surface area contributed by atoms with Crippen LogP contribution < -0.4 is 5.32 Å². The van der Waals surface area contributed by atoms with Gasteiger partial charge in [-0.1, -0.05) is 13.8 Å². The lowest BCUT2D eigenvalue weighted by atomic mass is 10.00. The normalized spacial score (nSPS) is 22.7. The highest BCUT2D eigenvalue weighted by Gasteiger charge is 2.31. The second kappa shape index (κ2) is 7.07. The fourth-order valence-electron chi connectivity index (χ4n) is 2.33. The molecule has 0 bridgehead atoms.